The summed E-state index contributed by atoms with van der Waals surface area (Å²) in [6.07, 6.45) is 2.51. The fraction of sp³-hybridized carbons (Fsp3) is 0.471. The highest BCUT2D eigenvalue weighted by Gasteiger charge is 2.30. The average Bonchev–Trinajstić information content (AvgIpc) is 2.92. The minimum Gasteiger partial charge on any atom is -0.331 e. The maximum atomic E-state index is 12.8. The third-order valence-corrected chi connectivity index (χ3v) is 6.23. The average molecular weight is 333 g/mol. The molecule has 0 bridgehead atoms. The molecule has 0 unspecified atom stereocenters. The summed E-state index contributed by atoms with van der Waals surface area (Å²) in [5, 5.41) is 0. The van der Waals surface area contributed by atoms with Gasteiger partial charge in [0, 0.05) is 19.0 Å². The molecular formula is C17H23N3O2S. The van der Waals surface area contributed by atoms with Gasteiger partial charge in [-0.1, -0.05) is 24.3 Å². The van der Waals surface area contributed by atoms with Gasteiger partial charge in [0.15, 0.2) is 0 Å². The maximum absolute atomic E-state index is 12.8. The van der Waals surface area contributed by atoms with Gasteiger partial charge in [-0.25, -0.2) is 13.4 Å². The number of fused-ring (bicyclic) bond motifs is 1. The molecule has 1 aromatic carbocycles. The van der Waals surface area contributed by atoms with Gasteiger partial charge in [0.2, 0.25) is 10.0 Å². The number of hydrogen-bond donors (Lipinski definition) is 0. The Morgan fingerprint density at radius 2 is 2.00 bits per heavy atom. The van der Waals surface area contributed by atoms with Crippen LogP contribution in [0.5, 0.6) is 0 Å². The molecule has 0 amide bonds. The number of nitrogens with zero attached hydrogens (tertiary/aromatic N) is 3. The molecule has 23 heavy (non-hydrogen) atoms. The zero-order valence-electron chi connectivity index (χ0n) is 13.9. The Hall–Kier alpha value is -1.66. The first-order valence-corrected chi connectivity index (χ1v) is 9.56. The highest BCUT2D eigenvalue weighted by atomic mass is 32.2. The van der Waals surface area contributed by atoms with Crippen molar-refractivity contribution in [3.63, 3.8) is 0 Å². The second-order valence-corrected chi connectivity index (χ2v) is 8.37. The van der Waals surface area contributed by atoms with Crippen LogP contribution in [-0.2, 0) is 28.7 Å². The topological polar surface area (TPSA) is 55.2 Å². The summed E-state index contributed by atoms with van der Waals surface area (Å²) in [6.45, 7) is 7.05. The summed E-state index contributed by atoms with van der Waals surface area (Å²) in [5.41, 5.74) is 3.94. The number of hydrogen-bond acceptors (Lipinski definition) is 3. The molecule has 0 spiro atoms. The quantitative estimate of drug-likeness (QED) is 0.864. The van der Waals surface area contributed by atoms with E-state index in [0.29, 0.717) is 19.5 Å². The lowest BCUT2D eigenvalue weighted by Gasteiger charge is -2.28. The van der Waals surface area contributed by atoms with Crippen molar-refractivity contribution in [2.24, 2.45) is 0 Å². The molecule has 5 nitrogen and oxygen atoms in total. The Bertz CT molecular complexity index is 809. The van der Waals surface area contributed by atoms with Crippen molar-refractivity contribution < 1.29 is 8.42 Å². The molecule has 0 saturated heterocycles. The Labute approximate surface area is 138 Å². The molecule has 0 radical (unpaired) electrons. The van der Waals surface area contributed by atoms with E-state index in [1.54, 1.807) is 4.31 Å². The lowest BCUT2D eigenvalue weighted by molar-refractivity contribution is 0.371. The molecule has 3 rings (SSSR count). The van der Waals surface area contributed by atoms with Crippen molar-refractivity contribution in [2.75, 3.05) is 6.54 Å². The standard InChI is InChI=1S/C17H23N3O2S/c1-13(2)20-12-18-16-8-9-19(10-17(16)20)23(21,22)11-15-7-5-4-6-14(15)3/h4-7,12-13H,8-11H2,1-3H3. The lowest BCUT2D eigenvalue weighted by Crippen LogP contribution is -2.37. The predicted molar refractivity (Wildman–Crippen MR) is 90.5 cm³/mol. The van der Waals surface area contributed by atoms with E-state index in [9.17, 15) is 8.42 Å². The van der Waals surface area contributed by atoms with E-state index in [0.717, 1.165) is 22.5 Å². The van der Waals surface area contributed by atoms with Crippen LogP contribution >= 0.6 is 0 Å². The van der Waals surface area contributed by atoms with E-state index in [4.69, 9.17) is 0 Å². The first-order valence-electron chi connectivity index (χ1n) is 7.95. The van der Waals surface area contributed by atoms with E-state index in [1.165, 1.54) is 0 Å². The van der Waals surface area contributed by atoms with Crippen LogP contribution < -0.4 is 0 Å². The van der Waals surface area contributed by atoms with Gasteiger partial charge in [-0.2, -0.15) is 4.31 Å². The van der Waals surface area contributed by atoms with E-state index < -0.39 is 10.0 Å². The van der Waals surface area contributed by atoms with Crippen LogP contribution in [0.25, 0.3) is 0 Å². The third kappa shape index (κ3) is 3.19. The normalized spacial score (nSPS) is 15.8. The number of aromatic nitrogens is 2. The van der Waals surface area contributed by atoms with Crippen molar-refractivity contribution >= 4 is 10.0 Å². The fourth-order valence-corrected chi connectivity index (χ4v) is 4.61. The number of benzene rings is 1. The summed E-state index contributed by atoms with van der Waals surface area (Å²) < 4.78 is 29.3. The Balaban J connectivity index is 1.85. The van der Waals surface area contributed by atoms with Crippen LogP contribution in [0.2, 0.25) is 0 Å². The molecule has 2 heterocycles. The summed E-state index contributed by atoms with van der Waals surface area (Å²) in [6, 6.07) is 7.94. The van der Waals surface area contributed by atoms with Gasteiger partial charge >= 0.3 is 0 Å². The Kier molecular flexibility index (Phi) is 4.29. The molecule has 0 saturated carbocycles. The second kappa shape index (κ2) is 6.09. The maximum Gasteiger partial charge on any atom is 0.218 e. The number of aryl methyl sites for hydroxylation is 1. The highest BCUT2D eigenvalue weighted by Crippen LogP contribution is 2.25. The predicted octanol–water partition coefficient (Wildman–Crippen LogP) is 2.66. The van der Waals surface area contributed by atoms with E-state index in [1.807, 2.05) is 37.5 Å². The number of imidazole rings is 1. The fourth-order valence-electron chi connectivity index (χ4n) is 3.03. The summed E-state index contributed by atoms with van der Waals surface area (Å²) >= 11 is 0. The van der Waals surface area contributed by atoms with Gasteiger partial charge in [0.05, 0.1) is 30.0 Å². The molecule has 1 aromatic heterocycles. The van der Waals surface area contributed by atoms with E-state index >= 15 is 0 Å². The van der Waals surface area contributed by atoms with E-state index in [2.05, 4.69) is 23.4 Å². The Morgan fingerprint density at radius 1 is 1.26 bits per heavy atom. The largest absolute Gasteiger partial charge is 0.331 e. The molecule has 2 aromatic rings. The molecule has 6 heteroatoms. The third-order valence-electron chi connectivity index (χ3n) is 4.46. The molecule has 0 N–H and O–H groups in total. The van der Waals surface area contributed by atoms with Gasteiger partial charge in [-0.3, -0.25) is 0 Å². The molecule has 1 aliphatic rings. The van der Waals surface area contributed by atoms with Crippen LogP contribution in [0.1, 0.15) is 42.4 Å². The van der Waals surface area contributed by atoms with Crippen LogP contribution in [0.15, 0.2) is 30.6 Å². The lowest BCUT2D eigenvalue weighted by atomic mass is 10.1. The van der Waals surface area contributed by atoms with Crippen molar-refractivity contribution in [1.29, 1.82) is 0 Å². The van der Waals surface area contributed by atoms with Crippen molar-refractivity contribution in [3.05, 3.63) is 53.1 Å². The molecular weight excluding hydrogens is 310 g/mol. The Morgan fingerprint density at radius 3 is 2.70 bits per heavy atom. The van der Waals surface area contributed by atoms with Crippen molar-refractivity contribution in [1.82, 2.24) is 13.9 Å². The highest BCUT2D eigenvalue weighted by molar-refractivity contribution is 7.88. The molecule has 0 aliphatic carbocycles. The van der Waals surface area contributed by atoms with E-state index in [-0.39, 0.29) is 11.8 Å². The monoisotopic (exact) mass is 333 g/mol. The van der Waals surface area contributed by atoms with Gasteiger partial charge in [0.25, 0.3) is 0 Å². The molecule has 0 fully saturated rings. The SMILES string of the molecule is Cc1ccccc1CS(=O)(=O)N1CCc2ncn(C(C)C)c2C1. The van der Waals surface area contributed by atoms with Gasteiger partial charge in [0.1, 0.15) is 0 Å². The van der Waals surface area contributed by atoms with Crippen LogP contribution in [0, 0.1) is 6.92 Å². The molecule has 0 atom stereocenters. The smallest absolute Gasteiger partial charge is 0.218 e. The summed E-state index contributed by atoms with van der Waals surface area (Å²) in [5.74, 6) is 0.0603. The molecule has 1 aliphatic heterocycles. The van der Waals surface area contributed by atoms with Gasteiger partial charge < -0.3 is 4.57 Å². The minimum absolute atomic E-state index is 0.0603. The number of sulfonamides is 1. The molecule has 124 valence electrons. The van der Waals surface area contributed by atoms with Crippen LogP contribution in [-0.4, -0.2) is 28.8 Å². The van der Waals surface area contributed by atoms with Crippen LogP contribution in [0.4, 0.5) is 0 Å². The summed E-state index contributed by atoms with van der Waals surface area (Å²) in [4.78, 5) is 4.43. The minimum atomic E-state index is -3.33. The summed E-state index contributed by atoms with van der Waals surface area (Å²) in [7, 11) is -3.33. The van der Waals surface area contributed by atoms with Gasteiger partial charge in [-0.15, -0.1) is 0 Å². The van der Waals surface area contributed by atoms with Crippen LogP contribution in [0.3, 0.4) is 0 Å². The van der Waals surface area contributed by atoms with Crippen molar-refractivity contribution in [2.45, 2.75) is 45.5 Å². The zero-order valence-corrected chi connectivity index (χ0v) is 14.7. The second-order valence-electron chi connectivity index (χ2n) is 6.41. The first-order chi connectivity index (χ1) is 10.9. The van der Waals surface area contributed by atoms with Crippen molar-refractivity contribution in [3.8, 4) is 0 Å². The zero-order chi connectivity index (χ0) is 16.6. The van der Waals surface area contributed by atoms with Gasteiger partial charge in [-0.05, 0) is 31.9 Å². The first kappa shape index (κ1) is 16.2. The number of rotatable bonds is 4.